The van der Waals surface area contributed by atoms with Crippen molar-refractivity contribution in [3.05, 3.63) is 30.2 Å². The minimum atomic E-state index is 0.704. The molecule has 0 atom stereocenters. The summed E-state index contributed by atoms with van der Waals surface area (Å²) in [6.07, 6.45) is 16.0. The smallest absolute Gasteiger partial charge is 0.00149 e. The van der Waals surface area contributed by atoms with Gasteiger partial charge in [-0.2, -0.15) is 0 Å². The zero-order valence-corrected chi connectivity index (χ0v) is 6.92. The molecule has 0 bridgehead atoms. The maximum Gasteiger partial charge on any atom is 0.00149 e. The summed E-state index contributed by atoms with van der Waals surface area (Å²) in [7, 11) is 0. The molecule has 0 aliphatic heterocycles. The minimum absolute atomic E-state index is 0.704. The molecular weight excluding hydrogens is 132 g/mol. The molecule has 0 heteroatoms. The first-order valence-electron chi connectivity index (χ1n) is 4.66. The highest BCUT2D eigenvalue weighted by Crippen LogP contribution is 2.34. The molecule has 2 rings (SSSR count). The van der Waals surface area contributed by atoms with Crippen molar-refractivity contribution in [1.82, 2.24) is 0 Å². The van der Waals surface area contributed by atoms with Crippen molar-refractivity contribution in [2.24, 2.45) is 5.92 Å². The van der Waals surface area contributed by atoms with Gasteiger partial charge in [0.2, 0.25) is 0 Å². The Balaban J connectivity index is 1.92. The van der Waals surface area contributed by atoms with E-state index in [0.29, 0.717) is 5.92 Å². The van der Waals surface area contributed by atoms with Crippen LogP contribution in [0.1, 0.15) is 32.1 Å². The van der Waals surface area contributed by atoms with E-state index >= 15 is 0 Å². The van der Waals surface area contributed by atoms with Gasteiger partial charge in [-0.25, -0.2) is 0 Å². The van der Waals surface area contributed by atoms with Gasteiger partial charge in [-0.3, -0.25) is 0 Å². The molecule has 0 spiro atoms. The first-order valence-corrected chi connectivity index (χ1v) is 4.66. The van der Waals surface area contributed by atoms with Crippen LogP contribution < -0.4 is 0 Å². The van der Waals surface area contributed by atoms with Gasteiger partial charge in [0.1, 0.15) is 0 Å². The SMILES string of the molecule is C1=CC([C]2CCCCC2)C=C1. The minimum Gasteiger partial charge on any atom is -0.0770 e. The molecule has 59 valence electrons. The Labute approximate surface area is 69.0 Å². The van der Waals surface area contributed by atoms with Crippen molar-refractivity contribution in [3.8, 4) is 0 Å². The van der Waals surface area contributed by atoms with E-state index < -0.39 is 0 Å². The lowest BCUT2D eigenvalue weighted by molar-refractivity contribution is 0.494. The number of hydrogen-bond acceptors (Lipinski definition) is 0. The third-order valence-corrected chi connectivity index (χ3v) is 2.72. The van der Waals surface area contributed by atoms with Gasteiger partial charge in [-0.15, -0.1) is 0 Å². The van der Waals surface area contributed by atoms with E-state index in [1.165, 1.54) is 32.1 Å². The van der Waals surface area contributed by atoms with Crippen LogP contribution in [0.2, 0.25) is 0 Å². The fourth-order valence-electron chi connectivity index (χ4n) is 2.04. The lowest BCUT2D eigenvalue weighted by atomic mass is 9.81. The summed E-state index contributed by atoms with van der Waals surface area (Å²) >= 11 is 0. The van der Waals surface area contributed by atoms with Gasteiger partial charge in [0.25, 0.3) is 0 Å². The van der Waals surface area contributed by atoms with Gasteiger partial charge >= 0.3 is 0 Å². The van der Waals surface area contributed by atoms with E-state index in [-0.39, 0.29) is 0 Å². The molecule has 0 unspecified atom stereocenters. The molecular formula is C11H15. The van der Waals surface area contributed by atoms with Crippen molar-refractivity contribution in [1.29, 1.82) is 0 Å². The van der Waals surface area contributed by atoms with E-state index in [1.807, 2.05) is 0 Å². The average Bonchev–Trinajstić information content (AvgIpc) is 2.58. The number of hydrogen-bond donors (Lipinski definition) is 0. The van der Waals surface area contributed by atoms with Crippen molar-refractivity contribution in [2.45, 2.75) is 32.1 Å². The molecule has 0 aromatic rings. The van der Waals surface area contributed by atoms with Gasteiger partial charge in [0.05, 0.1) is 0 Å². The second-order valence-corrected chi connectivity index (χ2v) is 3.51. The summed E-state index contributed by atoms with van der Waals surface area (Å²) in [5.41, 5.74) is 0. The molecule has 1 saturated carbocycles. The highest BCUT2D eigenvalue weighted by atomic mass is 14.2. The molecule has 0 heterocycles. The maximum absolute atomic E-state index is 2.32. The first kappa shape index (κ1) is 7.15. The van der Waals surface area contributed by atoms with Crippen LogP contribution in [0.25, 0.3) is 0 Å². The Morgan fingerprint density at radius 1 is 0.909 bits per heavy atom. The topological polar surface area (TPSA) is 0 Å². The van der Waals surface area contributed by atoms with Gasteiger partial charge in [-0.05, 0) is 18.8 Å². The molecule has 0 nitrogen and oxygen atoms in total. The van der Waals surface area contributed by atoms with E-state index in [9.17, 15) is 0 Å². The van der Waals surface area contributed by atoms with Crippen LogP contribution in [0.3, 0.4) is 0 Å². The lowest BCUT2D eigenvalue weighted by Gasteiger charge is -2.24. The molecule has 1 radical (unpaired) electrons. The third kappa shape index (κ3) is 1.55. The predicted molar refractivity (Wildman–Crippen MR) is 48.1 cm³/mol. The summed E-state index contributed by atoms with van der Waals surface area (Å²) in [6, 6.07) is 0. The van der Waals surface area contributed by atoms with Gasteiger partial charge in [-0.1, -0.05) is 43.6 Å². The van der Waals surface area contributed by atoms with E-state index in [0.717, 1.165) is 0 Å². The number of allylic oxidation sites excluding steroid dienone is 4. The Hall–Kier alpha value is -0.520. The van der Waals surface area contributed by atoms with Crippen LogP contribution in [-0.2, 0) is 0 Å². The van der Waals surface area contributed by atoms with Crippen LogP contribution in [0, 0.1) is 11.8 Å². The van der Waals surface area contributed by atoms with Crippen LogP contribution in [0.4, 0.5) is 0 Å². The summed E-state index contributed by atoms with van der Waals surface area (Å²) < 4.78 is 0. The van der Waals surface area contributed by atoms with E-state index in [2.05, 4.69) is 24.3 Å². The molecule has 2 aliphatic carbocycles. The molecule has 0 N–H and O–H groups in total. The molecule has 2 aliphatic rings. The monoisotopic (exact) mass is 147 g/mol. The summed E-state index contributed by atoms with van der Waals surface area (Å²) in [6.45, 7) is 0. The Bertz CT molecular complexity index is 158. The summed E-state index contributed by atoms with van der Waals surface area (Å²) in [5, 5.41) is 0. The molecule has 0 aromatic carbocycles. The molecule has 0 aromatic heterocycles. The van der Waals surface area contributed by atoms with Crippen molar-refractivity contribution in [2.75, 3.05) is 0 Å². The highest BCUT2D eigenvalue weighted by molar-refractivity contribution is 5.25. The summed E-state index contributed by atoms with van der Waals surface area (Å²) in [4.78, 5) is 0. The zero-order valence-electron chi connectivity index (χ0n) is 6.92. The van der Waals surface area contributed by atoms with Gasteiger partial charge in [0, 0.05) is 5.92 Å². The van der Waals surface area contributed by atoms with Crippen molar-refractivity contribution >= 4 is 0 Å². The Morgan fingerprint density at radius 3 is 2.18 bits per heavy atom. The zero-order chi connectivity index (χ0) is 7.52. The third-order valence-electron chi connectivity index (χ3n) is 2.72. The average molecular weight is 147 g/mol. The van der Waals surface area contributed by atoms with E-state index in [4.69, 9.17) is 0 Å². The fraction of sp³-hybridized carbons (Fsp3) is 0.545. The molecule has 0 amide bonds. The van der Waals surface area contributed by atoms with E-state index in [1.54, 1.807) is 5.92 Å². The van der Waals surface area contributed by atoms with Crippen molar-refractivity contribution < 1.29 is 0 Å². The van der Waals surface area contributed by atoms with Gasteiger partial charge in [0.15, 0.2) is 0 Å². The fourth-order valence-corrected chi connectivity index (χ4v) is 2.04. The quantitative estimate of drug-likeness (QED) is 0.534. The first-order chi connectivity index (χ1) is 5.47. The second-order valence-electron chi connectivity index (χ2n) is 3.51. The highest BCUT2D eigenvalue weighted by Gasteiger charge is 2.20. The lowest BCUT2D eigenvalue weighted by Crippen LogP contribution is -2.10. The van der Waals surface area contributed by atoms with Crippen LogP contribution >= 0.6 is 0 Å². The van der Waals surface area contributed by atoms with Crippen LogP contribution in [-0.4, -0.2) is 0 Å². The maximum atomic E-state index is 2.32. The number of rotatable bonds is 1. The standard InChI is InChI=1S/C11H15/c1-2-6-10(7-3-1)11-8-4-5-9-11/h4-5,8-9,11H,1-3,6-7H2. The molecule has 1 fully saturated rings. The molecule has 11 heavy (non-hydrogen) atoms. The Morgan fingerprint density at radius 2 is 1.55 bits per heavy atom. The second kappa shape index (κ2) is 3.25. The van der Waals surface area contributed by atoms with Crippen molar-refractivity contribution in [3.63, 3.8) is 0 Å². The normalized spacial score (nSPS) is 26.5. The summed E-state index contributed by atoms with van der Waals surface area (Å²) in [5.74, 6) is 2.47. The van der Waals surface area contributed by atoms with Crippen LogP contribution in [0.5, 0.6) is 0 Å². The predicted octanol–water partition coefficient (Wildman–Crippen LogP) is 3.27. The van der Waals surface area contributed by atoms with Gasteiger partial charge < -0.3 is 0 Å². The largest absolute Gasteiger partial charge is 0.0770 e. The van der Waals surface area contributed by atoms with Crippen LogP contribution in [0.15, 0.2) is 24.3 Å². The Kier molecular flexibility index (Phi) is 2.11. The molecule has 0 saturated heterocycles.